The van der Waals surface area contributed by atoms with Crippen LogP contribution in [0, 0.1) is 6.92 Å². The predicted molar refractivity (Wildman–Crippen MR) is 83.7 cm³/mol. The van der Waals surface area contributed by atoms with E-state index in [1.165, 1.54) is 0 Å². The van der Waals surface area contributed by atoms with E-state index < -0.39 is 10.0 Å². The number of aromatic nitrogens is 1. The van der Waals surface area contributed by atoms with Crippen LogP contribution < -0.4 is 10.5 Å². The molecule has 7 heteroatoms. The maximum Gasteiger partial charge on any atom is 0.243 e. The molecular formula is C13H20ClN3O2S. The van der Waals surface area contributed by atoms with Crippen LogP contribution in [0.4, 0.5) is 0 Å². The van der Waals surface area contributed by atoms with E-state index in [0.717, 1.165) is 16.6 Å². The van der Waals surface area contributed by atoms with E-state index in [4.69, 9.17) is 5.73 Å². The van der Waals surface area contributed by atoms with E-state index in [9.17, 15) is 8.42 Å². The number of para-hydroxylation sites is 1. The van der Waals surface area contributed by atoms with E-state index in [0.29, 0.717) is 4.90 Å². The van der Waals surface area contributed by atoms with Crippen molar-refractivity contribution in [2.24, 2.45) is 12.8 Å². The second-order valence-electron chi connectivity index (χ2n) is 4.75. The lowest BCUT2D eigenvalue weighted by atomic mass is 10.2. The molecule has 0 fully saturated rings. The lowest BCUT2D eigenvalue weighted by molar-refractivity contribution is 0.562. The fourth-order valence-corrected chi connectivity index (χ4v) is 3.93. The minimum atomic E-state index is -3.56. The molecule has 2 aromatic rings. The van der Waals surface area contributed by atoms with Gasteiger partial charge >= 0.3 is 0 Å². The number of aryl methyl sites for hydroxylation is 1. The van der Waals surface area contributed by atoms with Crippen molar-refractivity contribution in [3.8, 4) is 0 Å². The van der Waals surface area contributed by atoms with Crippen molar-refractivity contribution in [1.82, 2.24) is 9.29 Å². The normalized spacial score (nSPS) is 13.2. The Bertz CT molecular complexity index is 710. The zero-order valence-corrected chi connectivity index (χ0v) is 13.4. The summed E-state index contributed by atoms with van der Waals surface area (Å²) in [5, 5.41) is 0.735. The van der Waals surface area contributed by atoms with Crippen molar-refractivity contribution in [3.63, 3.8) is 0 Å². The monoisotopic (exact) mass is 317 g/mol. The van der Waals surface area contributed by atoms with E-state index in [1.807, 2.05) is 42.8 Å². The summed E-state index contributed by atoms with van der Waals surface area (Å²) in [5.74, 6) is 0. The second kappa shape index (κ2) is 6.13. The number of hydrogen-bond donors (Lipinski definition) is 2. The van der Waals surface area contributed by atoms with Gasteiger partial charge in [0, 0.05) is 36.2 Å². The molecule has 1 heterocycles. The molecule has 0 amide bonds. The van der Waals surface area contributed by atoms with Crippen LogP contribution >= 0.6 is 12.4 Å². The maximum absolute atomic E-state index is 12.5. The van der Waals surface area contributed by atoms with Crippen molar-refractivity contribution < 1.29 is 8.42 Å². The number of nitrogens with zero attached hydrogens (tertiary/aromatic N) is 1. The number of sulfonamides is 1. The first-order chi connectivity index (χ1) is 8.88. The molecule has 5 nitrogen and oxygen atoms in total. The van der Waals surface area contributed by atoms with Crippen LogP contribution in [0.25, 0.3) is 10.9 Å². The van der Waals surface area contributed by atoms with Crippen LogP contribution in [-0.4, -0.2) is 25.6 Å². The molecule has 1 atom stereocenters. The summed E-state index contributed by atoms with van der Waals surface area (Å²) in [4.78, 5) is 0.339. The smallest absolute Gasteiger partial charge is 0.243 e. The highest BCUT2D eigenvalue weighted by atomic mass is 35.5. The SMILES string of the molecule is Cc1c(S(=O)(=O)N[C@H](C)CN)c2ccccc2n1C.Cl. The highest BCUT2D eigenvalue weighted by molar-refractivity contribution is 7.89. The van der Waals surface area contributed by atoms with E-state index in [-0.39, 0.29) is 25.0 Å². The maximum atomic E-state index is 12.5. The Morgan fingerprint density at radius 3 is 2.55 bits per heavy atom. The van der Waals surface area contributed by atoms with Gasteiger partial charge in [-0.2, -0.15) is 0 Å². The van der Waals surface area contributed by atoms with Crippen LogP contribution in [-0.2, 0) is 17.1 Å². The molecule has 1 aromatic carbocycles. The third-order valence-corrected chi connectivity index (χ3v) is 5.09. The predicted octanol–water partition coefficient (Wildman–Crippen LogP) is 1.53. The summed E-state index contributed by atoms with van der Waals surface area (Å²) in [6.07, 6.45) is 0. The van der Waals surface area contributed by atoms with Crippen molar-refractivity contribution >= 4 is 33.3 Å². The van der Waals surface area contributed by atoms with Gasteiger partial charge < -0.3 is 10.3 Å². The molecule has 0 saturated carbocycles. The minimum Gasteiger partial charge on any atom is -0.347 e. The third-order valence-electron chi connectivity index (χ3n) is 3.32. The molecule has 0 aliphatic rings. The number of hydrogen-bond acceptors (Lipinski definition) is 3. The van der Waals surface area contributed by atoms with Crippen molar-refractivity contribution in [2.45, 2.75) is 24.8 Å². The van der Waals surface area contributed by atoms with Crippen molar-refractivity contribution in [2.75, 3.05) is 6.54 Å². The zero-order chi connectivity index (χ0) is 14.2. The molecule has 2 rings (SSSR count). The average molecular weight is 318 g/mol. The molecule has 20 heavy (non-hydrogen) atoms. The van der Waals surface area contributed by atoms with Gasteiger partial charge in [0.05, 0.1) is 0 Å². The highest BCUT2D eigenvalue weighted by Gasteiger charge is 2.24. The van der Waals surface area contributed by atoms with Gasteiger partial charge in [0.1, 0.15) is 4.90 Å². The standard InChI is InChI=1S/C13H19N3O2S.ClH/c1-9(8-14)15-19(17,18)13-10(2)16(3)12-7-5-4-6-11(12)13;/h4-7,9,15H,8,14H2,1-3H3;1H/t9-;/m1./s1. The summed E-state index contributed by atoms with van der Waals surface area (Å²) in [5.41, 5.74) is 7.10. The molecule has 0 radical (unpaired) electrons. The second-order valence-corrected chi connectivity index (χ2v) is 6.40. The fourth-order valence-electron chi connectivity index (χ4n) is 2.20. The molecular weight excluding hydrogens is 298 g/mol. The first-order valence-corrected chi connectivity index (χ1v) is 7.63. The Morgan fingerprint density at radius 1 is 1.35 bits per heavy atom. The molecule has 0 saturated heterocycles. The van der Waals surface area contributed by atoms with Gasteiger partial charge in [-0.1, -0.05) is 18.2 Å². The molecule has 0 bridgehead atoms. The lowest BCUT2D eigenvalue weighted by Crippen LogP contribution is -2.37. The molecule has 0 aliphatic carbocycles. The first kappa shape index (κ1) is 17.0. The van der Waals surface area contributed by atoms with Crippen LogP contribution in [0.2, 0.25) is 0 Å². The molecule has 3 N–H and O–H groups in total. The van der Waals surface area contributed by atoms with Crippen LogP contribution in [0.15, 0.2) is 29.2 Å². The zero-order valence-electron chi connectivity index (χ0n) is 11.8. The highest BCUT2D eigenvalue weighted by Crippen LogP contribution is 2.28. The van der Waals surface area contributed by atoms with Gasteiger partial charge in [0.25, 0.3) is 0 Å². The number of nitrogens with one attached hydrogen (secondary N) is 1. The molecule has 1 aromatic heterocycles. The summed E-state index contributed by atoms with van der Waals surface area (Å²) in [6, 6.07) is 7.18. The Labute approximate surface area is 125 Å². The third kappa shape index (κ3) is 2.83. The Balaban J connectivity index is 0.00000200. The van der Waals surface area contributed by atoms with Gasteiger partial charge in [-0.05, 0) is 19.9 Å². The first-order valence-electron chi connectivity index (χ1n) is 6.15. The number of rotatable bonds is 4. The van der Waals surface area contributed by atoms with Gasteiger partial charge in [0.2, 0.25) is 10.0 Å². The largest absolute Gasteiger partial charge is 0.347 e. The Morgan fingerprint density at radius 2 is 1.95 bits per heavy atom. The molecule has 0 aliphatic heterocycles. The number of fused-ring (bicyclic) bond motifs is 1. The van der Waals surface area contributed by atoms with E-state index in [1.54, 1.807) is 6.92 Å². The van der Waals surface area contributed by atoms with Crippen molar-refractivity contribution in [3.05, 3.63) is 30.0 Å². The Hall–Kier alpha value is -1.08. The van der Waals surface area contributed by atoms with Gasteiger partial charge in [-0.25, -0.2) is 13.1 Å². The van der Waals surface area contributed by atoms with E-state index >= 15 is 0 Å². The average Bonchev–Trinajstić information content (AvgIpc) is 2.62. The van der Waals surface area contributed by atoms with Gasteiger partial charge in [-0.3, -0.25) is 0 Å². The number of nitrogens with two attached hydrogens (primary N) is 1. The molecule has 0 spiro atoms. The number of halogens is 1. The van der Waals surface area contributed by atoms with Crippen LogP contribution in [0.3, 0.4) is 0 Å². The van der Waals surface area contributed by atoms with Gasteiger partial charge in [-0.15, -0.1) is 12.4 Å². The van der Waals surface area contributed by atoms with Crippen molar-refractivity contribution in [1.29, 1.82) is 0 Å². The quantitative estimate of drug-likeness (QED) is 0.898. The summed E-state index contributed by atoms with van der Waals surface area (Å²) >= 11 is 0. The lowest BCUT2D eigenvalue weighted by Gasteiger charge is -2.12. The summed E-state index contributed by atoms with van der Waals surface area (Å²) in [7, 11) is -1.69. The summed E-state index contributed by atoms with van der Waals surface area (Å²) in [6.45, 7) is 3.82. The van der Waals surface area contributed by atoms with E-state index in [2.05, 4.69) is 4.72 Å². The Kier molecular flexibility index (Phi) is 5.21. The summed E-state index contributed by atoms with van der Waals surface area (Å²) < 4.78 is 29.4. The minimum absolute atomic E-state index is 0. The molecule has 0 unspecified atom stereocenters. The topological polar surface area (TPSA) is 77.1 Å². The van der Waals surface area contributed by atoms with Gasteiger partial charge in [0.15, 0.2) is 0 Å². The number of benzene rings is 1. The van der Waals surface area contributed by atoms with Crippen LogP contribution in [0.5, 0.6) is 0 Å². The fraction of sp³-hybridized carbons (Fsp3) is 0.385. The molecule has 112 valence electrons. The van der Waals surface area contributed by atoms with Crippen LogP contribution in [0.1, 0.15) is 12.6 Å².